The molecule has 0 saturated carbocycles. The number of carboxylic acids is 1. The van der Waals surface area contributed by atoms with E-state index in [1.54, 1.807) is 30.3 Å². The van der Waals surface area contributed by atoms with Gasteiger partial charge in [-0.2, -0.15) is 0 Å². The summed E-state index contributed by atoms with van der Waals surface area (Å²) in [7, 11) is 0. The van der Waals surface area contributed by atoms with Crippen LogP contribution in [0.3, 0.4) is 0 Å². The van der Waals surface area contributed by atoms with Crippen LogP contribution in [0.2, 0.25) is 0 Å². The lowest BCUT2D eigenvalue weighted by Gasteiger charge is -2.15. The zero-order valence-electron chi connectivity index (χ0n) is 11.1. The number of amides is 1. The van der Waals surface area contributed by atoms with Crippen LogP contribution in [0.15, 0.2) is 59.1 Å². The highest BCUT2D eigenvalue weighted by molar-refractivity contribution is 9.10. The Kier molecular flexibility index (Phi) is 5.11. The van der Waals surface area contributed by atoms with Gasteiger partial charge in [0.2, 0.25) is 0 Å². The first-order valence-electron chi connectivity index (χ1n) is 6.39. The van der Waals surface area contributed by atoms with Crippen LogP contribution in [-0.4, -0.2) is 23.0 Å². The van der Waals surface area contributed by atoms with E-state index < -0.39 is 17.9 Å². The van der Waals surface area contributed by atoms with Gasteiger partial charge in [-0.05, 0) is 29.8 Å². The summed E-state index contributed by atoms with van der Waals surface area (Å²) >= 11 is 3.34. The number of benzene rings is 2. The Balaban J connectivity index is 2.09. The molecule has 2 aromatic rings. The molecule has 0 saturated heterocycles. The zero-order chi connectivity index (χ0) is 15.2. The molecule has 0 aliphatic rings. The SMILES string of the molecule is O=C(N[C@H](Cc1cccc(Br)c1)C(=O)O)c1ccccc1. The molecule has 1 amide bonds. The van der Waals surface area contributed by atoms with Gasteiger partial charge in [0.15, 0.2) is 0 Å². The molecule has 0 aliphatic carbocycles. The van der Waals surface area contributed by atoms with Crippen LogP contribution in [0.4, 0.5) is 0 Å². The first kappa shape index (κ1) is 15.3. The maximum Gasteiger partial charge on any atom is 0.326 e. The molecule has 2 aromatic carbocycles. The standard InChI is InChI=1S/C16H14BrNO3/c17-13-8-4-5-11(9-13)10-14(16(20)21)18-15(19)12-6-2-1-3-7-12/h1-9,14H,10H2,(H,18,19)(H,20,21)/t14-/m1/s1. The minimum Gasteiger partial charge on any atom is -0.480 e. The Hall–Kier alpha value is -2.14. The number of halogens is 1. The summed E-state index contributed by atoms with van der Waals surface area (Å²) in [6, 6.07) is 15.0. The van der Waals surface area contributed by atoms with E-state index in [0.29, 0.717) is 5.56 Å². The van der Waals surface area contributed by atoms with Gasteiger partial charge in [-0.25, -0.2) is 4.79 Å². The normalized spacial score (nSPS) is 11.7. The molecule has 0 aromatic heterocycles. The molecule has 0 radical (unpaired) electrons. The second-order valence-electron chi connectivity index (χ2n) is 4.56. The molecule has 0 fully saturated rings. The molecule has 108 valence electrons. The van der Waals surface area contributed by atoms with Crippen molar-refractivity contribution in [1.29, 1.82) is 0 Å². The van der Waals surface area contributed by atoms with Gasteiger partial charge >= 0.3 is 5.97 Å². The van der Waals surface area contributed by atoms with E-state index in [2.05, 4.69) is 21.2 Å². The topological polar surface area (TPSA) is 66.4 Å². The van der Waals surface area contributed by atoms with Crippen molar-refractivity contribution in [2.24, 2.45) is 0 Å². The first-order valence-corrected chi connectivity index (χ1v) is 7.19. The van der Waals surface area contributed by atoms with Gasteiger partial charge in [-0.3, -0.25) is 4.79 Å². The fourth-order valence-electron chi connectivity index (χ4n) is 1.93. The molecule has 2 rings (SSSR count). The molecule has 0 spiro atoms. The van der Waals surface area contributed by atoms with Crippen LogP contribution in [0.25, 0.3) is 0 Å². The summed E-state index contributed by atoms with van der Waals surface area (Å²) in [6.07, 6.45) is 0.230. The highest BCUT2D eigenvalue weighted by Gasteiger charge is 2.21. The van der Waals surface area contributed by atoms with Gasteiger partial charge in [0.1, 0.15) is 6.04 Å². The van der Waals surface area contributed by atoms with Crippen molar-refractivity contribution >= 4 is 27.8 Å². The molecule has 0 unspecified atom stereocenters. The minimum atomic E-state index is -1.06. The number of carbonyl (C=O) groups excluding carboxylic acids is 1. The highest BCUT2D eigenvalue weighted by atomic mass is 79.9. The number of carbonyl (C=O) groups is 2. The van der Waals surface area contributed by atoms with Gasteiger partial charge < -0.3 is 10.4 Å². The largest absolute Gasteiger partial charge is 0.480 e. The van der Waals surface area contributed by atoms with Gasteiger partial charge in [0.05, 0.1) is 0 Å². The van der Waals surface area contributed by atoms with Crippen molar-refractivity contribution in [3.8, 4) is 0 Å². The van der Waals surface area contributed by atoms with Crippen molar-refractivity contribution in [2.75, 3.05) is 0 Å². The number of hydrogen-bond donors (Lipinski definition) is 2. The highest BCUT2D eigenvalue weighted by Crippen LogP contribution is 2.13. The molecular formula is C16H14BrNO3. The van der Waals surface area contributed by atoms with E-state index in [4.69, 9.17) is 0 Å². The van der Waals surface area contributed by atoms with E-state index in [1.165, 1.54) is 0 Å². The molecule has 0 aliphatic heterocycles. The van der Waals surface area contributed by atoms with Crippen molar-refractivity contribution in [3.63, 3.8) is 0 Å². The molecule has 4 nitrogen and oxygen atoms in total. The second-order valence-corrected chi connectivity index (χ2v) is 5.48. The van der Waals surface area contributed by atoms with Gasteiger partial charge in [0, 0.05) is 16.5 Å². The smallest absolute Gasteiger partial charge is 0.326 e. The van der Waals surface area contributed by atoms with Crippen molar-refractivity contribution in [3.05, 3.63) is 70.2 Å². The summed E-state index contributed by atoms with van der Waals surface area (Å²) in [5, 5.41) is 11.8. The number of carboxylic acid groups (broad SMARTS) is 1. The van der Waals surface area contributed by atoms with Crippen molar-refractivity contribution in [1.82, 2.24) is 5.32 Å². The Morgan fingerprint density at radius 2 is 1.81 bits per heavy atom. The average molecular weight is 348 g/mol. The Bertz CT molecular complexity index is 643. The summed E-state index contributed by atoms with van der Waals surface area (Å²) in [4.78, 5) is 23.4. The van der Waals surface area contributed by atoms with Crippen LogP contribution >= 0.6 is 15.9 Å². The number of aliphatic carboxylic acids is 1. The predicted molar refractivity (Wildman–Crippen MR) is 83.2 cm³/mol. The van der Waals surface area contributed by atoms with Gasteiger partial charge in [0.25, 0.3) is 5.91 Å². The predicted octanol–water partition coefficient (Wildman–Crippen LogP) is 2.87. The summed E-state index contributed by atoms with van der Waals surface area (Å²) in [5.74, 6) is -1.45. The van der Waals surface area contributed by atoms with E-state index in [9.17, 15) is 14.7 Å². The quantitative estimate of drug-likeness (QED) is 0.873. The van der Waals surface area contributed by atoms with Crippen molar-refractivity contribution < 1.29 is 14.7 Å². The Morgan fingerprint density at radius 3 is 2.43 bits per heavy atom. The molecule has 5 heteroatoms. The maximum absolute atomic E-state index is 12.0. The molecule has 0 bridgehead atoms. The van der Waals surface area contributed by atoms with Crippen LogP contribution < -0.4 is 5.32 Å². The summed E-state index contributed by atoms with van der Waals surface area (Å²) < 4.78 is 0.874. The van der Waals surface area contributed by atoms with Crippen LogP contribution in [0.1, 0.15) is 15.9 Å². The van der Waals surface area contributed by atoms with E-state index in [-0.39, 0.29) is 6.42 Å². The maximum atomic E-state index is 12.0. The van der Waals surface area contributed by atoms with Crippen LogP contribution in [0, 0.1) is 0 Å². The Morgan fingerprint density at radius 1 is 1.10 bits per heavy atom. The van der Waals surface area contributed by atoms with E-state index >= 15 is 0 Å². The van der Waals surface area contributed by atoms with Crippen LogP contribution in [-0.2, 0) is 11.2 Å². The lowest BCUT2D eigenvalue weighted by Crippen LogP contribution is -2.42. The fourth-order valence-corrected chi connectivity index (χ4v) is 2.38. The van der Waals surface area contributed by atoms with Gasteiger partial charge in [-0.1, -0.05) is 46.3 Å². The van der Waals surface area contributed by atoms with E-state index in [0.717, 1.165) is 10.0 Å². The molecule has 2 N–H and O–H groups in total. The van der Waals surface area contributed by atoms with Crippen molar-refractivity contribution in [2.45, 2.75) is 12.5 Å². The molecular weight excluding hydrogens is 334 g/mol. The van der Waals surface area contributed by atoms with E-state index in [1.807, 2.05) is 24.3 Å². The lowest BCUT2D eigenvalue weighted by atomic mass is 10.1. The molecule has 1 atom stereocenters. The number of nitrogens with one attached hydrogen (secondary N) is 1. The van der Waals surface area contributed by atoms with Gasteiger partial charge in [-0.15, -0.1) is 0 Å². The molecule has 21 heavy (non-hydrogen) atoms. The number of hydrogen-bond acceptors (Lipinski definition) is 2. The third-order valence-corrected chi connectivity index (χ3v) is 3.46. The monoisotopic (exact) mass is 347 g/mol. The third-order valence-electron chi connectivity index (χ3n) is 2.97. The molecule has 0 heterocycles. The fraction of sp³-hybridized carbons (Fsp3) is 0.125. The third kappa shape index (κ3) is 4.43. The number of rotatable bonds is 5. The first-order chi connectivity index (χ1) is 10.1. The average Bonchev–Trinajstić information content (AvgIpc) is 2.47. The lowest BCUT2D eigenvalue weighted by molar-refractivity contribution is -0.139. The minimum absolute atomic E-state index is 0.230. The Labute approximate surface area is 130 Å². The zero-order valence-corrected chi connectivity index (χ0v) is 12.7. The summed E-state index contributed by atoms with van der Waals surface area (Å²) in [5.41, 5.74) is 1.28. The second kappa shape index (κ2) is 7.04. The summed E-state index contributed by atoms with van der Waals surface area (Å²) in [6.45, 7) is 0. The van der Waals surface area contributed by atoms with Crippen LogP contribution in [0.5, 0.6) is 0 Å².